The van der Waals surface area contributed by atoms with Crippen molar-refractivity contribution in [1.29, 1.82) is 0 Å². The van der Waals surface area contributed by atoms with Gasteiger partial charge in [0.05, 0.1) is 23.1 Å². The van der Waals surface area contributed by atoms with Gasteiger partial charge in [0, 0.05) is 52.7 Å². The number of hydrogen-bond acceptors (Lipinski definition) is 6. The van der Waals surface area contributed by atoms with Gasteiger partial charge in [0.25, 0.3) is 0 Å². The highest BCUT2D eigenvalue weighted by molar-refractivity contribution is 6.00. The topological polar surface area (TPSA) is 106 Å². The van der Waals surface area contributed by atoms with Crippen LogP contribution in [0.15, 0.2) is 54.9 Å². The number of anilines is 1. The summed E-state index contributed by atoms with van der Waals surface area (Å²) in [6.07, 6.45) is 8.07. The Hall–Kier alpha value is -4.07. The third-order valence-corrected chi connectivity index (χ3v) is 9.20. The Bertz CT molecular complexity index is 1590. The van der Waals surface area contributed by atoms with Crippen molar-refractivity contribution in [3.05, 3.63) is 66.1 Å². The molecule has 1 spiro atoms. The second-order valence-corrected chi connectivity index (χ2v) is 11.0. The van der Waals surface area contributed by atoms with Crippen LogP contribution in [0.5, 0.6) is 0 Å². The zero-order valence-electron chi connectivity index (χ0n) is 21.6. The number of carbonyl (C=O) groups excluding carboxylic acids is 2. The average molecular weight is 507 g/mol. The molecule has 7 rings (SSSR count). The first kappa shape index (κ1) is 23.1. The van der Waals surface area contributed by atoms with E-state index in [1.165, 1.54) is 0 Å². The summed E-state index contributed by atoms with van der Waals surface area (Å²) in [4.78, 5) is 37.4. The van der Waals surface area contributed by atoms with Crippen LogP contribution in [-0.4, -0.2) is 48.3 Å². The van der Waals surface area contributed by atoms with Crippen molar-refractivity contribution in [1.82, 2.24) is 24.5 Å². The van der Waals surface area contributed by atoms with Crippen LogP contribution in [0.2, 0.25) is 0 Å². The zero-order chi connectivity index (χ0) is 26.2. The van der Waals surface area contributed by atoms with Gasteiger partial charge >= 0.3 is 0 Å². The Kier molecular flexibility index (Phi) is 4.99. The van der Waals surface area contributed by atoms with Crippen molar-refractivity contribution in [2.45, 2.75) is 64.0 Å². The number of nitrogen functional groups attached to an aromatic ring is 1. The molecule has 2 N–H and O–H groups in total. The second-order valence-electron chi connectivity index (χ2n) is 11.0. The normalized spacial score (nSPS) is 25.4. The highest BCUT2D eigenvalue weighted by atomic mass is 16.2. The molecule has 3 aromatic heterocycles. The van der Waals surface area contributed by atoms with E-state index in [2.05, 4.69) is 15.0 Å². The van der Waals surface area contributed by atoms with Crippen LogP contribution in [0.1, 0.15) is 67.9 Å². The third kappa shape index (κ3) is 3.06. The lowest BCUT2D eigenvalue weighted by atomic mass is 9.53. The van der Waals surface area contributed by atoms with Crippen LogP contribution in [0.3, 0.4) is 0 Å². The van der Waals surface area contributed by atoms with E-state index in [9.17, 15) is 9.59 Å². The molecule has 1 aromatic carbocycles. The number of nitrogens with zero attached hydrogens (tertiary/aromatic N) is 5. The number of ketones is 1. The molecular weight excluding hydrogens is 476 g/mol. The van der Waals surface area contributed by atoms with Crippen LogP contribution in [0.4, 0.5) is 5.82 Å². The summed E-state index contributed by atoms with van der Waals surface area (Å²) in [5, 5.41) is 4.51. The largest absolute Gasteiger partial charge is 0.383 e. The summed E-state index contributed by atoms with van der Waals surface area (Å²) in [6.45, 7) is 3.47. The Balaban J connectivity index is 1.29. The predicted molar refractivity (Wildman–Crippen MR) is 144 cm³/mol. The second kappa shape index (κ2) is 8.21. The molecule has 4 heterocycles. The fourth-order valence-corrected chi connectivity index (χ4v) is 7.36. The summed E-state index contributed by atoms with van der Waals surface area (Å²) in [5.41, 5.74) is 12.2. The van der Waals surface area contributed by atoms with E-state index >= 15 is 0 Å². The molecule has 3 aliphatic rings. The van der Waals surface area contributed by atoms with Crippen molar-refractivity contribution in [3.63, 3.8) is 0 Å². The highest BCUT2D eigenvalue weighted by Gasteiger charge is 2.70. The number of fused-ring (bicyclic) bond motifs is 1. The van der Waals surface area contributed by atoms with Crippen LogP contribution >= 0.6 is 0 Å². The number of benzene rings is 1. The van der Waals surface area contributed by atoms with Crippen LogP contribution in [0, 0.1) is 5.41 Å². The average Bonchev–Trinajstić information content (AvgIpc) is 3.53. The smallest absolute Gasteiger partial charge is 0.222 e. The summed E-state index contributed by atoms with van der Waals surface area (Å²) in [5.74, 6) is 0.516. The SMILES string of the molecule is CCC(=O)N1C2CCC23CC(c2nc4c(-c5ccc(-c6ccccc6)nc5)cnn4c(N)c2C(C)=O)CC13. The quantitative estimate of drug-likeness (QED) is 0.386. The molecule has 1 amide bonds. The molecule has 2 saturated carbocycles. The Labute approximate surface area is 220 Å². The van der Waals surface area contributed by atoms with Gasteiger partial charge in [-0.2, -0.15) is 9.61 Å². The maximum absolute atomic E-state index is 12.9. The van der Waals surface area contributed by atoms with Gasteiger partial charge in [0.1, 0.15) is 5.82 Å². The van der Waals surface area contributed by atoms with Crippen molar-refractivity contribution in [2.24, 2.45) is 5.41 Å². The molecule has 1 aliphatic heterocycles. The van der Waals surface area contributed by atoms with E-state index in [-0.39, 0.29) is 29.1 Å². The molecule has 4 unspecified atom stereocenters. The number of nitrogens with two attached hydrogens (primary N) is 1. The molecule has 4 aromatic rings. The number of rotatable bonds is 5. The first-order valence-electron chi connectivity index (χ1n) is 13.4. The molecule has 2 aliphatic carbocycles. The molecule has 38 heavy (non-hydrogen) atoms. The van der Waals surface area contributed by atoms with Gasteiger partial charge in [-0.05, 0) is 38.7 Å². The molecule has 8 heteroatoms. The lowest BCUT2D eigenvalue weighted by Gasteiger charge is -2.68. The van der Waals surface area contributed by atoms with E-state index < -0.39 is 0 Å². The number of carbonyl (C=O) groups is 2. The molecule has 192 valence electrons. The van der Waals surface area contributed by atoms with E-state index in [0.29, 0.717) is 29.5 Å². The van der Waals surface area contributed by atoms with Crippen LogP contribution in [-0.2, 0) is 4.79 Å². The fraction of sp³-hybridized carbons (Fsp3) is 0.367. The van der Waals surface area contributed by atoms with Crippen molar-refractivity contribution >= 4 is 23.2 Å². The molecule has 8 nitrogen and oxygen atoms in total. The van der Waals surface area contributed by atoms with E-state index in [4.69, 9.17) is 10.7 Å². The Morgan fingerprint density at radius 2 is 1.89 bits per heavy atom. The number of hydrogen-bond donors (Lipinski definition) is 1. The van der Waals surface area contributed by atoms with Gasteiger partial charge in [-0.25, -0.2) is 4.98 Å². The lowest BCUT2D eigenvalue weighted by Crippen LogP contribution is -2.75. The van der Waals surface area contributed by atoms with E-state index in [1.54, 1.807) is 17.6 Å². The van der Waals surface area contributed by atoms with E-state index in [1.807, 2.05) is 55.6 Å². The van der Waals surface area contributed by atoms with Gasteiger partial charge in [-0.1, -0.05) is 43.3 Å². The number of pyridine rings is 1. The van der Waals surface area contributed by atoms with Gasteiger partial charge in [-0.3, -0.25) is 14.6 Å². The monoisotopic (exact) mass is 506 g/mol. The Morgan fingerprint density at radius 3 is 2.55 bits per heavy atom. The number of piperidine rings is 1. The Morgan fingerprint density at radius 1 is 1.08 bits per heavy atom. The summed E-state index contributed by atoms with van der Waals surface area (Å²) in [6, 6.07) is 14.6. The molecule has 3 fully saturated rings. The number of likely N-dealkylation sites (tertiary alicyclic amines) is 1. The minimum absolute atomic E-state index is 0.0741. The van der Waals surface area contributed by atoms with Gasteiger partial charge in [0.2, 0.25) is 5.91 Å². The first-order valence-corrected chi connectivity index (χ1v) is 13.4. The molecule has 0 bridgehead atoms. The van der Waals surface area contributed by atoms with Crippen molar-refractivity contribution in [2.75, 3.05) is 5.73 Å². The standard InChI is InChI=1S/C30H30N6O2/c1-3-25(38)35-23-11-12-30(23)14-20(13-24(30)35)27-26(17(2)37)28(31)36-29(34-27)21(16-33-36)19-9-10-22(32-15-19)18-7-5-4-6-8-18/h4-10,15-16,20,23-24H,3,11-14,31H2,1-2H3. The van der Waals surface area contributed by atoms with Gasteiger partial charge in [0.15, 0.2) is 11.4 Å². The molecular formula is C30H30N6O2. The van der Waals surface area contributed by atoms with Gasteiger partial charge < -0.3 is 10.6 Å². The minimum Gasteiger partial charge on any atom is -0.383 e. The first-order chi connectivity index (χ1) is 18.4. The molecule has 1 saturated heterocycles. The molecule has 4 atom stereocenters. The van der Waals surface area contributed by atoms with Crippen molar-refractivity contribution < 1.29 is 9.59 Å². The summed E-state index contributed by atoms with van der Waals surface area (Å²) < 4.78 is 1.57. The van der Waals surface area contributed by atoms with E-state index in [0.717, 1.165) is 53.8 Å². The van der Waals surface area contributed by atoms with Crippen LogP contribution in [0.25, 0.3) is 28.0 Å². The fourth-order valence-electron chi connectivity index (χ4n) is 7.36. The predicted octanol–water partition coefficient (Wildman–Crippen LogP) is 4.89. The minimum atomic E-state index is -0.110. The van der Waals surface area contributed by atoms with Crippen LogP contribution < -0.4 is 5.73 Å². The maximum atomic E-state index is 12.9. The number of Topliss-reactive ketones (excluding diaryl/α,β-unsaturated/α-hetero) is 1. The highest BCUT2D eigenvalue weighted by Crippen LogP contribution is 2.68. The summed E-state index contributed by atoms with van der Waals surface area (Å²) in [7, 11) is 0. The third-order valence-electron chi connectivity index (χ3n) is 9.20. The summed E-state index contributed by atoms with van der Waals surface area (Å²) >= 11 is 0. The van der Waals surface area contributed by atoms with Gasteiger partial charge in [-0.15, -0.1) is 0 Å². The van der Waals surface area contributed by atoms with Crippen molar-refractivity contribution in [3.8, 4) is 22.4 Å². The maximum Gasteiger partial charge on any atom is 0.222 e. The lowest BCUT2D eigenvalue weighted by molar-refractivity contribution is -0.198. The number of aromatic nitrogens is 4. The number of amides is 1. The zero-order valence-corrected chi connectivity index (χ0v) is 21.6. The molecule has 0 radical (unpaired) electrons.